The number of fused-ring (bicyclic) bond motifs is 2. The maximum Gasteiger partial charge on any atom is 0.340 e. The normalized spacial score (nSPS) is 18.4. The highest BCUT2D eigenvalue weighted by atomic mass is 16.6. The average molecular weight is 355 g/mol. The van der Waals surface area contributed by atoms with Crippen LogP contribution in [0.4, 0.5) is 11.4 Å². The number of nitrogen functional groups attached to an aromatic ring is 2. The average Bonchev–Trinajstić information content (AvgIpc) is 3.24. The Labute approximate surface area is 155 Å². The van der Waals surface area contributed by atoms with Crippen molar-refractivity contribution in [2.45, 2.75) is 5.60 Å². The number of nitrogens with two attached hydrogens (primary N) is 2. The van der Waals surface area contributed by atoms with E-state index in [2.05, 4.69) is 4.98 Å². The molecule has 0 amide bonds. The second kappa shape index (κ2) is 5.38. The van der Waals surface area contributed by atoms with E-state index in [0.717, 1.165) is 22.2 Å². The van der Waals surface area contributed by atoms with Gasteiger partial charge in [0.1, 0.15) is 0 Å². The van der Waals surface area contributed by atoms with E-state index in [9.17, 15) is 4.79 Å². The smallest absolute Gasteiger partial charge is 0.340 e. The van der Waals surface area contributed by atoms with Crippen LogP contribution in [0.5, 0.6) is 0 Å². The lowest BCUT2D eigenvalue weighted by molar-refractivity contribution is 0.0243. The Morgan fingerprint density at radius 1 is 0.852 bits per heavy atom. The number of para-hydroxylation sites is 2. The Kier molecular flexibility index (Phi) is 3.09. The minimum Gasteiger partial charge on any atom is -0.439 e. The van der Waals surface area contributed by atoms with Crippen molar-refractivity contribution < 1.29 is 9.53 Å². The topological polar surface area (TPSA) is 94.1 Å². The molecule has 1 aromatic heterocycles. The Morgan fingerprint density at radius 3 is 2.44 bits per heavy atom. The number of aromatic nitrogens is 1. The van der Waals surface area contributed by atoms with Crippen LogP contribution in [0.2, 0.25) is 0 Å². The summed E-state index contributed by atoms with van der Waals surface area (Å²) in [7, 11) is 0. The Balaban J connectivity index is 1.90. The van der Waals surface area contributed by atoms with E-state index < -0.39 is 5.60 Å². The zero-order chi connectivity index (χ0) is 18.6. The number of aromatic amines is 1. The van der Waals surface area contributed by atoms with Crippen LogP contribution >= 0.6 is 0 Å². The molecule has 5 heteroatoms. The first-order valence-corrected chi connectivity index (χ1v) is 8.67. The van der Waals surface area contributed by atoms with Crippen LogP contribution in [0.1, 0.15) is 27.2 Å². The SMILES string of the molecule is Nc1cccc(C2(c3cc4ccccc4[nH]3)OC(=O)c3ccccc32)c1N. The third kappa shape index (κ3) is 2.02. The van der Waals surface area contributed by atoms with Crippen molar-refractivity contribution in [3.8, 4) is 0 Å². The van der Waals surface area contributed by atoms with Crippen LogP contribution < -0.4 is 11.5 Å². The molecule has 132 valence electrons. The monoisotopic (exact) mass is 355 g/mol. The number of hydrogen-bond donors (Lipinski definition) is 3. The van der Waals surface area contributed by atoms with Gasteiger partial charge in [-0.25, -0.2) is 4.79 Å². The maximum absolute atomic E-state index is 12.7. The molecule has 0 aliphatic carbocycles. The second-order valence-corrected chi connectivity index (χ2v) is 6.70. The molecule has 0 radical (unpaired) electrons. The van der Waals surface area contributed by atoms with Crippen molar-refractivity contribution in [3.05, 3.63) is 95.2 Å². The molecular formula is C22H17N3O2. The molecule has 5 nitrogen and oxygen atoms in total. The fraction of sp³-hybridized carbons (Fsp3) is 0.0455. The molecule has 1 aliphatic rings. The molecule has 1 unspecified atom stereocenters. The van der Waals surface area contributed by atoms with E-state index in [0.29, 0.717) is 22.5 Å². The number of benzene rings is 3. The van der Waals surface area contributed by atoms with Crippen LogP contribution in [0.15, 0.2) is 72.8 Å². The summed E-state index contributed by atoms with van der Waals surface area (Å²) in [5, 5.41) is 1.02. The van der Waals surface area contributed by atoms with Gasteiger partial charge in [-0.1, -0.05) is 48.5 Å². The number of anilines is 2. The predicted octanol–water partition coefficient (Wildman–Crippen LogP) is 3.79. The summed E-state index contributed by atoms with van der Waals surface area (Å²) in [6, 6.07) is 22.7. The van der Waals surface area contributed by atoms with Crippen molar-refractivity contribution in [2.24, 2.45) is 0 Å². The zero-order valence-electron chi connectivity index (χ0n) is 14.4. The fourth-order valence-electron chi connectivity index (χ4n) is 3.92. The second-order valence-electron chi connectivity index (χ2n) is 6.70. The first-order valence-electron chi connectivity index (χ1n) is 8.67. The predicted molar refractivity (Wildman–Crippen MR) is 105 cm³/mol. The molecule has 5 rings (SSSR count). The molecule has 0 spiro atoms. The molecule has 1 atom stereocenters. The number of carbonyl (C=O) groups excluding carboxylic acids is 1. The van der Waals surface area contributed by atoms with Gasteiger partial charge in [-0.05, 0) is 29.7 Å². The standard InChI is InChI=1S/C22H17N3O2/c23-17-10-5-9-16(20(17)24)22(15-8-3-2-7-14(15)21(26)27-22)19-12-13-6-1-4-11-18(13)25-19/h1-12,25H,23-24H2. The lowest BCUT2D eigenvalue weighted by Crippen LogP contribution is -2.31. The quantitative estimate of drug-likeness (QED) is 0.377. The van der Waals surface area contributed by atoms with Crippen molar-refractivity contribution in [1.82, 2.24) is 4.98 Å². The molecule has 0 saturated carbocycles. The molecule has 27 heavy (non-hydrogen) atoms. The van der Waals surface area contributed by atoms with E-state index in [-0.39, 0.29) is 5.97 Å². The lowest BCUT2D eigenvalue weighted by Gasteiger charge is -2.30. The summed E-state index contributed by atoms with van der Waals surface area (Å²) in [6.45, 7) is 0. The molecule has 1 aliphatic heterocycles. The van der Waals surface area contributed by atoms with Gasteiger partial charge in [-0.3, -0.25) is 0 Å². The van der Waals surface area contributed by atoms with Crippen LogP contribution in [0.25, 0.3) is 10.9 Å². The van der Waals surface area contributed by atoms with E-state index >= 15 is 0 Å². The molecule has 2 heterocycles. The molecule has 0 saturated heterocycles. The fourth-order valence-corrected chi connectivity index (χ4v) is 3.92. The molecule has 0 bridgehead atoms. The van der Waals surface area contributed by atoms with Crippen molar-refractivity contribution in [1.29, 1.82) is 0 Å². The molecule has 5 N–H and O–H groups in total. The Hall–Kier alpha value is -3.73. The third-order valence-corrected chi connectivity index (χ3v) is 5.20. The number of hydrogen-bond acceptors (Lipinski definition) is 4. The maximum atomic E-state index is 12.7. The van der Waals surface area contributed by atoms with Gasteiger partial charge in [0.05, 0.1) is 22.6 Å². The number of nitrogens with one attached hydrogen (secondary N) is 1. The van der Waals surface area contributed by atoms with Crippen LogP contribution in [-0.2, 0) is 10.3 Å². The van der Waals surface area contributed by atoms with Crippen LogP contribution in [0, 0.1) is 0 Å². The lowest BCUT2D eigenvalue weighted by atomic mass is 9.81. The summed E-state index contributed by atoms with van der Waals surface area (Å²) in [5.41, 5.74) is 15.7. The largest absolute Gasteiger partial charge is 0.439 e. The van der Waals surface area contributed by atoms with Gasteiger partial charge in [0.15, 0.2) is 0 Å². The molecule has 3 aromatic carbocycles. The van der Waals surface area contributed by atoms with Crippen molar-refractivity contribution >= 4 is 28.2 Å². The summed E-state index contributed by atoms with van der Waals surface area (Å²) >= 11 is 0. The highest BCUT2D eigenvalue weighted by Gasteiger charge is 2.50. The van der Waals surface area contributed by atoms with Gasteiger partial charge in [-0.15, -0.1) is 0 Å². The summed E-state index contributed by atoms with van der Waals surface area (Å²) in [5.74, 6) is -0.383. The zero-order valence-corrected chi connectivity index (χ0v) is 14.4. The number of cyclic esters (lactones) is 1. The van der Waals surface area contributed by atoms with Gasteiger partial charge >= 0.3 is 5.97 Å². The number of H-pyrrole nitrogens is 1. The van der Waals surface area contributed by atoms with Gasteiger partial charge in [-0.2, -0.15) is 0 Å². The van der Waals surface area contributed by atoms with Gasteiger partial charge in [0.25, 0.3) is 0 Å². The first-order chi connectivity index (χ1) is 13.1. The van der Waals surface area contributed by atoms with Gasteiger partial charge in [0.2, 0.25) is 5.60 Å². The molecule has 0 fully saturated rings. The van der Waals surface area contributed by atoms with E-state index in [4.69, 9.17) is 16.2 Å². The van der Waals surface area contributed by atoms with Crippen LogP contribution in [-0.4, -0.2) is 11.0 Å². The van der Waals surface area contributed by atoms with Gasteiger partial charge < -0.3 is 21.2 Å². The molecular weight excluding hydrogens is 338 g/mol. The highest BCUT2D eigenvalue weighted by molar-refractivity contribution is 5.97. The minimum atomic E-state index is -1.17. The Morgan fingerprint density at radius 2 is 1.59 bits per heavy atom. The Bertz CT molecular complexity index is 1180. The number of ether oxygens (including phenoxy) is 1. The number of carbonyl (C=O) groups is 1. The van der Waals surface area contributed by atoms with Crippen molar-refractivity contribution in [3.63, 3.8) is 0 Å². The summed E-state index contributed by atoms with van der Waals surface area (Å²) in [4.78, 5) is 16.1. The van der Waals surface area contributed by atoms with E-state index in [1.165, 1.54) is 0 Å². The van der Waals surface area contributed by atoms with E-state index in [1.54, 1.807) is 12.1 Å². The first kappa shape index (κ1) is 15.5. The summed E-state index contributed by atoms with van der Waals surface area (Å²) < 4.78 is 6.05. The number of rotatable bonds is 2. The number of esters is 1. The van der Waals surface area contributed by atoms with Crippen LogP contribution in [0.3, 0.4) is 0 Å². The van der Waals surface area contributed by atoms with Gasteiger partial charge in [0, 0.05) is 16.6 Å². The molecule has 4 aromatic rings. The van der Waals surface area contributed by atoms with E-state index in [1.807, 2.05) is 60.7 Å². The third-order valence-electron chi connectivity index (χ3n) is 5.20. The van der Waals surface area contributed by atoms with Crippen molar-refractivity contribution in [2.75, 3.05) is 11.5 Å². The minimum absolute atomic E-state index is 0.383. The summed E-state index contributed by atoms with van der Waals surface area (Å²) in [6.07, 6.45) is 0. The highest BCUT2D eigenvalue weighted by Crippen LogP contribution is 2.49.